The van der Waals surface area contributed by atoms with E-state index in [0.29, 0.717) is 5.95 Å². The van der Waals surface area contributed by atoms with Crippen LogP contribution in [0.25, 0.3) is 70.6 Å². The van der Waals surface area contributed by atoms with E-state index in [2.05, 4.69) is 161 Å². The van der Waals surface area contributed by atoms with E-state index < -0.39 is 0 Å². The summed E-state index contributed by atoms with van der Waals surface area (Å²) in [6.45, 7) is 0. The van der Waals surface area contributed by atoms with E-state index in [-0.39, 0.29) is 0 Å². The maximum absolute atomic E-state index is 5.49. The Morgan fingerprint density at radius 2 is 1.00 bits per heavy atom. The molecule has 10 aromatic rings. The van der Waals surface area contributed by atoms with Crippen LogP contribution in [0.15, 0.2) is 176 Å². The first-order chi connectivity index (χ1) is 25.3. The number of pyridine rings is 1. The van der Waals surface area contributed by atoms with Crippen LogP contribution in [0.5, 0.6) is 0 Å². The molecule has 0 bridgehead atoms. The molecule has 6 aromatic carbocycles. The lowest BCUT2D eigenvalue weighted by Crippen LogP contribution is -2.11. The highest BCUT2D eigenvalue weighted by molar-refractivity contribution is 7.25. The van der Waals surface area contributed by atoms with Gasteiger partial charge in [-0.25, -0.2) is 15.0 Å². The third kappa shape index (κ3) is 5.04. The lowest BCUT2D eigenvalue weighted by molar-refractivity contribution is 0.995. The summed E-state index contributed by atoms with van der Waals surface area (Å²) in [4.78, 5) is 18.2. The van der Waals surface area contributed by atoms with Crippen LogP contribution >= 0.6 is 11.3 Å². The minimum atomic E-state index is 0.605. The van der Waals surface area contributed by atoms with Crippen molar-refractivity contribution in [3.8, 4) is 28.5 Å². The normalized spacial score (nSPS) is 11.5. The second-order valence-corrected chi connectivity index (χ2v) is 13.6. The van der Waals surface area contributed by atoms with Gasteiger partial charge < -0.3 is 0 Å². The molecular weight excluding hydrogens is 643 g/mol. The molecule has 0 N–H and O–H groups in total. The Morgan fingerprint density at radius 3 is 1.63 bits per heavy atom. The smallest absolute Gasteiger partial charge is 0.235 e. The second kappa shape index (κ2) is 12.1. The molecule has 6 heteroatoms. The Labute approximate surface area is 298 Å². The quantitative estimate of drug-likeness (QED) is 0.176. The highest BCUT2D eigenvalue weighted by Crippen LogP contribution is 2.42. The first-order valence-corrected chi connectivity index (χ1v) is 17.8. The van der Waals surface area contributed by atoms with Crippen LogP contribution in [0, 0.1) is 0 Å². The molecule has 0 spiro atoms. The van der Waals surface area contributed by atoms with Crippen molar-refractivity contribution in [2.75, 3.05) is 4.90 Å². The summed E-state index contributed by atoms with van der Waals surface area (Å²) in [5, 5.41) is 3.53. The van der Waals surface area contributed by atoms with Crippen LogP contribution in [0.1, 0.15) is 0 Å². The van der Waals surface area contributed by atoms with E-state index in [4.69, 9.17) is 15.0 Å². The summed E-state index contributed by atoms with van der Waals surface area (Å²) in [5.41, 5.74) is 8.73. The van der Waals surface area contributed by atoms with Crippen molar-refractivity contribution in [1.29, 1.82) is 0 Å². The maximum atomic E-state index is 5.49. The predicted octanol–water partition coefficient (Wildman–Crippen LogP) is 12.1. The number of fused-ring (bicyclic) bond motifs is 6. The Morgan fingerprint density at radius 1 is 0.431 bits per heavy atom. The first kappa shape index (κ1) is 29.3. The van der Waals surface area contributed by atoms with Crippen LogP contribution in [-0.2, 0) is 0 Å². The standard InChI is InChI=1S/C45H29N5S/c1-5-15-30(16-6-1)37-28-38(31-17-7-2-8-18-31)47-45(46-37)50-39-25-26-43(49(32-19-9-3-10-20-32)33-21-11-4-12-22-33)48-44(39)36-27-35-34-23-13-14-24-41(34)51-42(35)29-40(36)50/h1-29H. The molecule has 10 rings (SSSR count). The second-order valence-electron chi connectivity index (χ2n) is 12.5. The van der Waals surface area contributed by atoms with Gasteiger partial charge in [-0.2, -0.15) is 0 Å². The third-order valence-electron chi connectivity index (χ3n) is 9.40. The number of para-hydroxylation sites is 2. The van der Waals surface area contributed by atoms with Gasteiger partial charge in [-0.05, 0) is 60.7 Å². The van der Waals surface area contributed by atoms with Gasteiger partial charge in [0.25, 0.3) is 0 Å². The van der Waals surface area contributed by atoms with Crippen molar-refractivity contribution >= 4 is 70.6 Å². The minimum absolute atomic E-state index is 0.605. The Hall–Kier alpha value is -6.63. The van der Waals surface area contributed by atoms with Crippen molar-refractivity contribution in [3.63, 3.8) is 0 Å². The highest BCUT2D eigenvalue weighted by Gasteiger charge is 2.22. The summed E-state index contributed by atoms with van der Waals surface area (Å²) >= 11 is 1.81. The molecule has 0 saturated heterocycles. The fourth-order valence-corrected chi connectivity index (χ4v) is 8.16. The van der Waals surface area contributed by atoms with Gasteiger partial charge in [-0.15, -0.1) is 11.3 Å². The molecule has 4 heterocycles. The summed E-state index contributed by atoms with van der Waals surface area (Å²) in [5.74, 6) is 1.44. The van der Waals surface area contributed by atoms with Crippen LogP contribution in [0.2, 0.25) is 0 Å². The number of rotatable bonds is 6. The average molecular weight is 672 g/mol. The van der Waals surface area contributed by atoms with Gasteiger partial charge in [0, 0.05) is 48.1 Å². The molecular formula is C45H29N5S. The third-order valence-corrected chi connectivity index (χ3v) is 10.5. The monoisotopic (exact) mass is 671 g/mol. The van der Waals surface area contributed by atoms with Gasteiger partial charge >= 0.3 is 0 Å². The molecule has 0 amide bonds. The Balaban J connectivity index is 1.29. The zero-order valence-electron chi connectivity index (χ0n) is 27.4. The molecule has 0 radical (unpaired) electrons. The number of anilines is 3. The molecule has 5 nitrogen and oxygen atoms in total. The van der Waals surface area contributed by atoms with E-state index >= 15 is 0 Å². The molecule has 0 fully saturated rings. The van der Waals surface area contributed by atoms with Gasteiger partial charge in [-0.3, -0.25) is 9.47 Å². The van der Waals surface area contributed by atoms with Crippen molar-refractivity contribution in [2.45, 2.75) is 0 Å². The Bertz CT molecular complexity index is 2750. The van der Waals surface area contributed by atoms with E-state index in [0.717, 1.165) is 61.6 Å². The minimum Gasteiger partial charge on any atom is -0.295 e. The van der Waals surface area contributed by atoms with Crippen molar-refractivity contribution < 1.29 is 0 Å². The zero-order valence-corrected chi connectivity index (χ0v) is 28.2. The van der Waals surface area contributed by atoms with Crippen LogP contribution in [0.4, 0.5) is 17.2 Å². The largest absolute Gasteiger partial charge is 0.295 e. The fraction of sp³-hybridized carbons (Fsp3) is 0. The van der Waals surface area contributed by atoms with Gasteiger partial charge in [0.05, 0.1) is 27.9 Å². The molecule has 0 aliphatic carbocycles. The van der Waals surface area contributed by atoms with Gasteiger partial charge in [0.1, 0.15) is 5.82 Å². The van der Waals surface area contributed by atoms with Crippen molar-refractivity contribution in [2.24, 2.45) is 0 Å². The molecule has 51 heavy (non-hydrogen) atoms. The van der Waals surface area contributed by atoms with Gasteiger partial charge in [0.15, 0.2) is 0 Å². The van der Waals surface area contributed by atoms with Crippen molar-refractivity contribution in [1.82, 2.24) is 19.5 Å². The maximum Gasteiger partial charge on any atom is 0.235 e. The molecule has 240 valence electrons. The number of thiophene rings is 1. The number of nitrogens with zero attached hydrogens (tertiary/aromatic N) is 5. The molecule has 0 aliphatic heterocycles. The highest BCUT2D eigenvalue weighted by atomic mass is 32.1. The Kier molecular flexibility index (Phi) is 6.93. The van der Waals surface area contributed by atoms with E-state index in [1.54, 1.807) is 0 Å². The van der Waals surface area contributed by atoms with Gasteiger partial charge in [0.2, 0.25) is 5.95 Å². The number of hydrogen-bond acceptors (Lipinski definition) is 5. The molecule has 0 atom stereocenters. The lowest BCUT2D eigenvalue weighted by Gasteiger charge is -2.24. The van der Waals surface area contributed by atoms with Crippen LogP contribution in [-0.4, -0.2) is 19.5 Å². The summed E-state index contributed by atoms with van der Waals surface area (Å²) in [6, 6.07) is 61.1. The summed E-state index contributed by atoms with van der Waals surface area (Å²) in [7, 11) is 0. The number of aromatic nitrogens is 4. The van der Waals surface area contributed by atoms with Crippen LogP contribution < -0.4 is 4.90 Å². The fourth-order valence-electron chi connectivity index (χ4n) is 7.04. The molecule has 4 aromatic heterocycles. The zero-order chi connectivity index (χ0) is 33.7. The number of hydrogen-bond donors (Lipinski definition) is 0. The van der Waals surface area contributed by atoms with E-state index in [1.807, 2.05) is 35.6 Å². The SMILES string of the molecule is c1ccc(-c2cc(-c3ccccc3)nc(-n3c4cc5sc6ccccc6c5cc4c4nc(N(c5ccccc5)c5ccccc5)ccc43)n2)cc1. The van der Waals surface area contributed by atoms with Gasteiger partial charge in [-0.1, -0.05) is 115 Å². The molecule has 0 aliphatic rings. The van der Waals surface area contributed by atoms with Crippen molar-refractivity contribution in [3.05, 3.63) is 176 Å². The average Bonchev–Trinajstić information content (AvgIpc) is 3.73. The number of benzene rings is 6. The van der Waals surface area contributed by atoms with E-state index in [1.165, 1.54) is 20.2 Å². The molecule has 0 saturated carbocycles. The summed E-state index contributed by atoms with van der Waals surface area (Å²) in [6.07, 6.45) is 0. The van der Waals surface area contributed by atoms with Crippen LogP contribution in [0.3, 0.4) is 0 Å². The lowest BCUT2D eigenvalue weighted by atomic mass is 10.1. The topological polar surface area (TPSA) is 46.8 Å². The van der Waals surface area contributed by atoms with E-state index in [9.17, 15) is 0 Å². The predicted molar refractivity (Wildman–Crippen MR) is 213 cm³/mol. The summed E-state index contributed by atoms with van der Waals surface area (Å²) < 4.78 is 4.67. The first-order valence-electron chi connectivity index (χ1n) is 17.0. The molecule has 0 unspecified atom stereocenters.